The fraction of sp³-hybridized carbons (Fsp3) is 0.444. The minimum atomic E-state index is -4.53. The number of hydrogen-bond donors (Lipinski definition) is 0. The third kappa shape index (κ3) is 4.77. The number of fused-ring (bicyclic) bond motifs is 1. The second-order valence-electron chi connectivity index (χ2n) is 10.2. The van der Waals surface area contributed by atoms with Crippen molar-refractivity contribution in [3.05, 3.63) is 59.3 Å². The highest BCUT2D eigenvalue weighted by Crippen LogP contribution is 2.36. The smallest absolute Gasteiger partial charge is 0.417 e. The average molecular weight is 553 g/mol. The van der Waals surface area contributed by atoms with Crippen LogP contribution < -0.4 is 4.74 Å². The lowest BCUT2D eigenvalue weighted by atomic mass is 10.0. The lowest BCUT2D eigenvalue weighted by Gasteiger charge is -2.41. The molecule has 2 fully saturated rings. The van der Waals surface area contributed by atoms with E-state index in [-0.39, 0.29) is 17.2 Å². The van der Waals surface area contributed by atoms with Crippen LogP contribution in [0.2, 0.25) is 0 Å². The van der Waals surface area contributed by atoms with Gasteiger partial charge in [-0.2, -0.15) is 23.5 Å². The number of rotatable bonds is 6. The van der Waals surface area contributed by atoms with Crippen molar-refractivity contribution < 1.29 is 22.6 Å². The molecule has 1 atom stereocenters. The number of aromatic nitrogens is 6. The summed E-state index contributed by atoms with van der Waals surface area (Å²) in [4.78, 5) is 6.21. The Bertz CT molecular complexity index is 1580. The molecule has 0 unspecified atom stereocenters. The molecule has 0 amide bonds. The summed E-state index contributed by atoms with van der Waals surface area (Å²) in [7, 11) is 0. The van der Waals surface area contributed by atoms with Crippen LogP contribution in [0.1, 0.15) is 54.3 Å². The van der Waals surface area contributed by atoms with Gasteiger partial charge in [0.05, 0.1) is 42.8 Å². The molecule has 0 N–H and O–H groups in total. The number of nitriles is 1. The predicted molar refractivity (Wildman–Crippen MR) is 136 cm³/mol. The second-order valence-corrected chi connectivity index (χ2v) is 10.2. The maximum atomic E-state index is 13.3. The Morgan fingerprint density at radius 3 is 2.58 bits per heavy atom. The second kappa shape index (κ2) is 10.2. The number of ether oxygens (including phenoxy) is 2. The van der Waals surface area contributed by atoms with E-state index in [2.05, 4.69) is 31.4 Å². The summed E-state index contributed by atoms with van der Waals surface area (Å²) < 4.78 is 54.8. The zero-order chi connectivity index (χ0) is 28.0. The van der Waals surface area contributed by atoms with Crippen LogP contribution in [-0.4, -0.2) is 66.8 Å². The number of alkyl halides is 3. The number of hydrogen-bond acceptors (Lipinski definition) is 8. The van der Waals surface area contributed by atoms with Crippen molar-refractivity contribution >= 4 is 5.52 Å². The molecule has 10 nitrogen and oxygen atoms in total. The fourth-order valence-electron chi connectivity index (χ4n) is 5.36. The fourth-order valence-corrected chi connectivity index (χ4v) is 5.36. The Balaban J connectivity index is 1.30. The first-order valence-corrected chi connectivity index (χ1v) is 13.1. The van der Waals surface area contributed by atoms with E-state index in [1.807, 2.05) is 11.6 Å². The molecular weight excluding hydrogens is 525 g/mol. The summed E-state index contributed by atoms with van der Waals surface area (Å²) in [5.41, 5.74) is 2.27. The zero-order valence-electron chi connectivity index (χ0n) is 22.0. The molecule has 4 aromatic heterocycles. The van der Waals surface area contributed by atoms with Crippen molar-refractivity contribution in [2.45, 2.75) is 51.1 Å². The molecule has 0 spiro atoms. The van der Waals surface area contributed by atoms with E-state index in [4.69, 9.17) is 9.47 Å². The number of nitrogens with zero attached hydrogens (tertiary/aromatic N) is 8. The Labute approximate surface area is 227 Å². The van der Waals surface area contributed by atoms with Crippen LogP contribution in [0.5, 0.6) is 5.75 Å². The molecule has 6 rings (SSSR count). The molecule has 6 heterocycles. The molecule has 40 heavy (non-hydrogen) atoms. The molecule has 208 valence electrons. The molecular formula is C27H27F3N8O2. The van der Waals surface area contributed by atoms with Gasteiger partial charge in [-0.05, 0) is 38.8 Å². The van der Waals surface area contributed by atoms with Gasteiger partial charge in [0.15, 0.2) is 0 Å². The SMILES string of the molecule is Cc1c(-c2cc(O[C@H](C)c3cncc(C(F)(F)F)c3)c3c(C#N)cnn3c2)nnn1C1CCN(C2COC2)CC1. The van der Waals surface area contributed by atoms with Gasteiger partial charge in [-0.3, -0.25) is 9.88 Å². The summed E-state index contributed by atoms with van der Waals surface area (Å²) >= 11 is 0. The monoisotopic (exact) mass is 552 g/mol. The Hall–Kier alpha value is -4.02. The molecule has 2 saturated heterocycles. The predicted octanol–water partition coefficient (Wildman–Crippen LogP) is 4.36. The van der Waals surface area contributed by atoms with E-state index >= 15 is 0 Å². The van der Waals surface area contributed by atoms with Gasteiger partial charge in [0.25, 0.3) is 0 Å². The molecule has 2 aliphatic heterocycles. The Morgan fingerprint density at radius 1 is 1.12 bits per heavy atom. The van der Waals surface area contributed by atoms with Crippen LogP contribution >= 0.6 is 0 Å². The maximum Gasteiger partial charge on any atom is 0.417 e. The molecule has 0 bridgehead atoms. The van der Waals surface area contributed by atoms with E-state index in [0.29, 0.717) is 28.6 Å². The number of pyridine rings is 2. The van der Waals surface area contributed by atoms with Crippen LogP contribution in [0.4, 0.5) is 13.2 Å². The van der Waals surface area contributed by atoms with E-state index in [9.17, 15) is 18.4 Å². The van der Waals surface area contributed by atoms with Crippen LogP contribution in [-0.2, 0) is 10.9 Å². The normalized spacial score (nSPS) is 18.0. The molecule has 4 aromatic rings. The minimum Gasteiger partial charge on any atom is -0.484 e. The van der Waals surface area contributed by atoms with Crippen LogP contribution in [0.3, 0.4) is 0 Å². The van der Waals surface area contributed by atoms with Gasteiger partial charge in [-0.1, -0.05) is 5.21 Å². The van der Waals surface area contributed by atoms with E-state index in [1.165, 1.54) is 16.9 Å². The van der Waals surface area contributed by atoms with Crippen molar-refractivity contribution in [2.75, 3.05) is 26.3 Å². The highest BCUT2D eigenvalue weighted by molar-refractivity contribution is 5.74. The largest absolute Gasteiger partial charge is 0.484 e. The third-order valence-electron chi connectivity index (χ3n) is 7.74. The lowest BCUT2D eigenvalue weighted by Crippen LogP contribution is -2.52. The van der Waals surface area contributed by atoms with Gasteiger partial charge in [0.1, 0.15) is 34.7 Å². The van der Waals surface area contributed by atoms with E-state index in [1.54, 1.807) is 19.2 Å². The molecule has 0 saturated carbocycles. The first-order chi connectivity index (χ1) is 19.2. The van der Waals surface area contributed by atoms with Crippen molar-refractivity contribution in [1.29, 1.82) is 5.26 Å². The molecule has 13 heteroatoms. The van der Waals surface area contributed by atoms with Crippen LogP contribution in [0.25, 0.3) is 16.8 Å². The minimum absolute atomic E-state index is 0.223. The zero-order valence-corrected chi connectivity index (χ0v) is 22.0. The van der Waals surface area contributed by atoms with Crippen molar-refractivity contribution in [2.24, 2.45) is 0 Å². The van der Waals surface area contributed by atoms with Crippen LogP contribution in [0.15, 0.2) is 36.9 Å². The van der Waals surface area contributed by atoms with Crippen molar-refractivity contribution in [3.63, 3.8) is 0 Å². The Kier molecular flexibility index (Phi) is 6.67. The van der Waals surface area contributed by atoms with E-state index < -0.39 is 17.8 Å². The first kappa shape index (κ1) is 26.2. The number of piperidine rings is 1. The van der Waals surface area contributed by atoms with Crippen molar-refractivity contribution in [1.82, 2.24) is 34.5 Å². The van der Waals surface area contributed by atoms with Crippen molar-refractivity contribution in [3.8, 4) is 23.1 Å². The standard InChI is InChI=1S/C27H27F3N8O2/c1-16-25(34-35-38(16)22-3-5-36(6-4-22)23-14-39-15-23)19-8-24(26-20(9-31)11-33-37(26)13-19)40-17(2)18-7-21(12-32-10-18)27(28,29)30/h7-8,10-13,17,22-23H,3-6,14-15H2,1-2H3/t17-/m1/s1. The molecule has 0 aromatic carbocycles. The first-order valence-electron chi connectivity index (χ1n) is 13.1. The van der Waals surface area contributed by atoms with Gasteiger partial charge in [-0.15, -0.1) is 5.10 Å². The summed E-state index contributed by atoms with van der Waals surface area (Å²) in [6, 6.07) is 5.58. The molecule has 2 aliphatic rings. The number of likely N-dealkylation sites (tertiary alicyclic amines) is 1. The lowest BCUT2D eigenvalue weighted by molar-refractivity contribution is -0.137. The maximum absolute atomic E-state index is 13.3. The molecule has 0 aliphatic carbocycles. The third-order valence-corrected chi connectivity index (χ3v) is 7.74. The molecule has 0 radical (unpaired) electrons. The van der Waals surface area contributed by atoms with Crippen LogP contribution in [0, 0.1) is 18.3 Å². The van der Waals surface area contributed by atoms with E-state index in [0.717, 1.165) is 57.1 Å². The van der Waals surface area contributed by atoms with Gasteiger partial charge in [0.2, 0.25) is 0 Å². The average Bonchev–Trinajstić information content (AvgIpc) is 3.51. The van der Waals surface area contributed by atoms with Gasteiger partial charge < -0.3 is 9.47 Å². The van der Waals surface area contributed by atoms with Gasteiger partial charge >= 0.3 is 6.18 Å². The van der Waals surface area contributed by atoms with Gasteiger partial charge in [0, 0.05) is 42.8 Å². The summed E-state index contributed by atoms with van der Waals surface area (Å²) in [6.45, 7) is 7.15. The Morgan fingerprint density at radius 2 is 1.90 bits per heavy atom. The highest BCUT2D eigenvalue weighted by atomic mass is 19.4. The summed E-state index contributed by atoms with van der Waals surface area (Å²) in [5, 5.41) is 22.9. The number of halogens is 3. The quantitative estimate of drug-likeness (QED) is 0.347. The topological polar surface area (TPSA) is 106 Å². The summed E-state index contributed by atoms with van der Waals surface area (Å²) in [5.74, 6) is 0.293. The highest BCUT2D eigenvalue weighted by Gasteiger charge is 2.33. The van der Waals surface area contributed by atoms with Gasteiger partial charge in [-0.25, -0.2) is 9.20 Å². The summed E-state index contributed by atoms with van der Waals surface area (Å²) in [6.07, 6.45) is 1.88.